The van der Waals surface area contributed by atoms with Crippen molar-refractivity contribution in [3.8, 4) is 5.75 Å². The predicted octanol–water partition coefficient (Wildman–Crippen LogP) is 4.24. The molecule has 0 heterocycles. The Hall–Kier alpha value is -3.43. The number of rotatable bonds is 6. The number of sulfonamides is 1. The maximum absolute atomic E-state index is 12.6. The lowest BCUT2D eigenvalue weighted by Gasteiger charge is -2.13. The summed E-state index contributed by atoms with van der Waals surface area (Å²) in [6, 6.07) is 18.1. The van der Waals surface area contributed by atoms with Crippen molar-refractivity contribution in [3.63, 3.8) is 0 Å². The molecule has 0 spiro atoms. The third kappa shape index (κ3) is 5.63. The first-order valence-electron chi connectivity index (χ1n) is 9.65. The maximum Gasteiger partial charge on any atom is 0.261 e. The zero-order valence-corrected chi connectivity index (χ0v) is 19.4. The second-order valence-electron chi connectivity index (χ2n) is 7.02. The van der Waals surface area contributed by atoms with E-state index in [1.165, 1.54) is 12.1 Å². The molecule has 0 aliphatic carbocycles. The van der Waals surface area contributed by atoms with Gasteiger partial charge in [-0.25, -0.2) is 8.42 Å². The molecule has 1 amide bonds. The Kier molecular flexibility index (Phi) is 7.12. The Morgan fingerprint density at radius 1 is 0.938 bits per heavy atom. The van der Waals surface area contributed by atoms with Crippen LogP contribution in [0.5, 0.6) is 5.75 Å². The topological polar surface area (TPSA) is 96.5 Å². The van der Waals surface area contributed by atoms with Gasteiger partial charge in [0.25, 0.3) is 15.9 Å². The van der Waals surface area contributed by atoms with Crippen molar-refractivity contribution in [2.24, 2.45) is 0 Å². The van der Waals surface area contributed by atoms with Gasteiger partial charge < -0.3 is 10.1 Å². The molecule has 166 valence electrons. The highest BCUT2D eigenvalue weighted by Gasteiger charge is 2.15. The van der Waals surface area contributed by atoms with E-state index in [0.717, 1.165) is 11.1 Å². The van der Waals surface area contributed by atoms with E-state index in [2.05, 4.69) is 15.4 Å². The minimum atomic E-state index is -3.72. The number of thiocarbonyl (C=S) groups is 1. The van der Waals surface area contributed by atoms with Gasteiger partial charge in [-0.1, -0.05) is 18.2 Å². The highest BCUT2D eigenvalue weighted by molar-refractivity contribution is 7.92. The number of anilines is 2. The third-order valence-corrected chi connectivity index (χ3v) is 6.38. The lowest BCUT2D eigenvalue weighted by molar-refractivity contribution is 0.0977. The van der Waals surface area contributed by atoms with Crippen molar-refractivity contribution in [2.45, 2.75) is 18.7 Å². The van der Waals surface area contributed by atoms with Gasteiger partial charge in [0.2, 0.25) is 0 Å². The molecule has 3 aromatic carbocycles. The standard InChI is InChI=1S/C23H23N3O4S2/c1-15-13-17(14-21(30-3)16(15)2)22(27)25-23(31)24-18-9-11-20(12-10-18)32(28,29)26-19-7-5-4-6-8-19/h4-14,26H,1-3H3,(H2,24,25,27,31). The van der Waals surface area contributed by atoms with Crippen LogP contribution in [-0.2, 0) is 10.0 Å². The highest BCUT2D eigenvalue weighted by atomic mass is 32.2. The second kappa shape index (κ2) is 9.80. The van der Waals surface area contributed by atoms with Gasteiger partial charge in [-0.15, -0.1) is 0 Å². The van der Waals surface area contributed by atoms with Gasteiger partial charge in [0, 0.05) is 16.9 Å². The van der Waals surface area contributed by atoms with Gasteiger partial charge in [-0.2, -0.15) is 0 Å². The number of para-hydroxylation sites is 1. The van der Waals surface area contributed by atoms with Crippen LogP contribution in [0, 0.1) is 13.8 Å². The number of ether oxygens (including phenoxy) is 1. The number of carbonyl (C=O) groups is 1. The summed E-state index contributed by atoms with van der Waals surface area (Å²) in [6.07, 6.45) is 0. The van der Waals surface area contributed by atoms with E-state index in [9.17, 15) is 13.2 Å². The quantitative estimate of drug-likeness (QED) is 0.468. The van der Waals surface area contributed by atoms with Crippen molar-refractivity contribution in [3.05, 3.63) is 83.4 Å². The van der Waals surface area contributed by atoms with E-state index in [1.54, 1.807) is 61.7 Å². The minimum Gasteiger partial charge on any atom is -0.496 e. The Bertz CT molecular complexity index is 1240. The van der Waals surface area contributed by atoms with E-state index >= 15 is 0 Å². The number of aryl methyl sites for hydroxylation is 1. The summed E-state index contributed by atoms with van der Waals surface area (Å²) in [7, 11) is -2.17. The monoisotopic (exact) mass is 469 g/mol. The van der Waals surface area contributed by atoms with E-state index < -0.39 is 10.0 Å². The van der Waals surface area contributed by atoms with Gasteiger partial charge >= 0.3 is 0 Å². The predicted molar refractivity (Wildman–Crippen MR) is 130 cm³/mol. The average Bonchev–Trinajstić information content (AvgIpc) is 2.76. The van der Waals surface area contributed by atoms with Crippen LogP contribution in [0.3, 0.4) is 0 Å². The smallest absolute Gasteiger partial charge is 0.261 e. The molecular formula is C23H23N3O4S2. The van der Waals surface area contributed by atoms with E-state index in [1.807, 2.05) is 13.8 Å². The van der Waals surface area contributed by atoms with Gasteiger partial charge in [-0.3, -0.25) is 14.8 Å². The van der Waals surface area contributed by atoms with Gasteiger partial charge in [0.05, 0.1) is 12.0 Å². The van der Waals surface area contributed by atoms with Crippen LogP contribution in [0.25, 0.3) is 0 Å². The molecule has 0 fully saturated rings. The van der Waals surface area contributed by atoms with E-state index in [0.29, 0.717) is 22.7 Å². The molecular weight excluding hydrogens is 446 g/mol. The highest BCUT2D eigenvalue weighted by Crippen LogP contribution is 2.23. The molecule has 3 rings (SSSR count). The van der Waals surface area contributed by atoms with E-state index in [-0.39, 0.29) is 15.9 Å². The Morgan fingerprint density at radius 2 is 1.59 bits per heavy atom. The van der Waals surface area contributed by atoms with Crippen molar-refractivity contribution < 1.29 is 17.9 Å². The molecule has 0 unspecified atom stereocenters. The lowest BCUT2D eigenvalue weighted by Crippen LogP contribution is -2.34. The molecule has 3 aromatic rings. The molecule has 0 aliphatic heterocycles. The Balaban J connectivity index is 1.65. The lowest BCUT2D eigenvalue weighted by atomic mass is 10.0. The summed E-state index contributed by atoms with van der Waals surface area (Å²) < 4.78 is 32.9. The van der Waals surface area contributed by atoms with Gasteiger partial charge in [0.15, 0.2) is 5.11 Å². The number of hydrogen-bond donors (Lipinski definition) is 3. The number of methoxy groups -OCH3 is 1. The molecule has 7 nitrogen and oxygen atoms in total. The maximum atomic E-state index is 12.6. The molecule has 0 bridgehead atoms. The number of carbonyl (C=O) groups excluding carboxylic acids is 1. The molecule has 9 heteroatoms. The molecule has 32 heavy (non-hydrogen) atoms. The first kappa shape index (κ1) is 23.2. The SMILES string of the molecule is COc1cc(C(=O)NC(=S)Nc2ccc(S(=O)(=O)Nc3ccccc3)cc2)cc(C)c1C. The molecule has 0 atom stereocenters. The molecule has 0 saturated heterocycles. The zero-order chi connectivity index (χ0) is 23.3. The van der Waals surface area contributed by atoms with Crippen LogP contribution < -0.4 is 20.1 Å². The molecule has 3 N–H and O–H groups in total. The second-order valence-corrected chi connectivity index (χ2v) is 9.12. The normalized spacial score (nSPS) is 10.8. The van der Waals surface area contributed by atoms with Gasteiger partial charge in [-0.05, 0) is 85.7 Å². The van der Waals surface area contributed by atoms with Crippen LogP contribution in [0.4, 0.5) is 11.4 Å². The minimum absolute atomic E-state index is 0.0882. The van der Waals surface area contributed by atoms with Crippen LogP contribution in [0.1, 0.15) is 21.5 Å². The summed E-state index contributed by atoms with van der Waals surface area (Å²) in [5.74, 6) is 0.241. The molecule has 0 radical (unpaired) electrons. The Labute approximate surface area is 192 Å². The fraction of sp³-hybridized carbons (Fsp3) is 0.130. The van der Waals surface area contributed by atoms with Crippen molar-refractivity contribution in [1.29, 1.82) is 0 Å². The van der Waals surface area contributed by atoms with Crippen LogP contribution >= 0.6 is 12.2 Å². The number of nitrogens with one attached hydrogen (secondary N) is 3. The Morgan fingerprint density at radius 3 is 2.22 bits per heavy atom. The average molecular weight is 470 g/mol. The fourth-order valence-corrected chi connectivity index (χ4v) is 4.21. The van der Waals surface area contributed by atoms with Crippen LogP contribution in [0.15, 0.2) is 71.6 Å². The first-order chi connectivity index (χ1) is 15.2. The van der Waals surface area contributed by atoms with E-state index in [4.69, 9.17) is 17.0 Å². The first-order valence-corrected chi connectivity index (χ1v) is 11.5. The molecule has 0 aromatic heterocycles. The summed E-state index contributed by atoms with van der Waals surface area (Å²) in [5.41, 5.74) is 3.31. The van der Waals surface area contributed by atoms with Crippen LogP contribution in [0.2, 0.25) is 0 Å². The number of amides is 1. The molecule has 0 saturated carbocycles. The van der Waals surface area contributed by atoms with Crippen molar-refractivity contribution in [2.75, 3.05) is 17.1 Å². The number of hydrogen-bond acceptors (Lipinski definition) is 5. The zero-order valence-electron chi connectivity index (χ0n) is 17.8. The van der Waals surface area contributed by atoms with Crippen molar-refractivity contribution >= 4 is 44.6 Å². The summed E-state index contributed by atoms with van der Waals surface area (Å²) in [5, 5.41) is 5.58. The van der Waals surface area contributed by atoms with Crippen LogP contribution in [-0.4, -0.2) is 26.5 Å². The summed E-state index contributed by atoms with van der Waals surface area (Å²) in [6.45, 7) is 3.81. The largest absolute Gasteiger partial charge is 0.496 e. The van der Waals surface area contributed by atoms with Crippen molar-refractivity contribution in [1.82, 2.24) is 5.32 Å². The fourth-order valence-electron chi connectivity index (χ4n) is 2.95. The number of benzene rings is 3. The summed E-state index contributed by atoms with van der Waals surface area (Å²) >= 11 is 5.22. The molecule has 0 aliphatic rings. The van der Waals surface area contributed by atoms with Gasteiger partial charge in [0.1, 0.15) is 5.75 Å². The third-order valence-electron chi connectivity index (χ3n) is 4.78. The summed E-state index contributed by atoms with van der Waals surface area (Å²) in [4.78, 5) is 12.7.